The van der Waals surface area contributed by atoms with Crippen LogP contribution in [0.3, 0.4) is 0 Å². The van der Waals surface area contributed by atoms with E-state index in [4.69, 9.17) is 33.1 Å². The second-order valence-corrected chi connectivity index (χ2v) is 11.8. The highest BCUT2D eigenvalue weighted by Gasteiger charge is 2.43. The Hall–Kier alpha value is -2.68. The van der Waals surface area contributed by atoms with Gasteiger partial charge in [0.2, 0.25) is 12.3 Å². The van der Waals surface area contributed by atoms with Crippen LogP contribution in [0.25, 0.3) is 0 Å². The largest absolute Gasteiger partial charge is 0.483 e. The minimum atomic E-state index is -0.701. The summed E-state index contributed by atoms with van der Waals surface area (Å²) in [6.07, 6.45) is 10.6. The monoisotopic (exact) mass is 607 g/mol. The summed E-state index contributed by atoms with van der Waals surface area (Å²) in [7, 11) is 1.88. The zero-order valence-electron chi connectivity index (χ0n) is 23.7. The van der Waals surface area contributed by atoms with Crippen LogP contribution in [0.1, 0.15) is 88.2 Å². The van der Waals surface area contributed by atoms with E-state index in [0.717, 1.165) is 63.4 Å². The molecule has 2 amide bonds. The van der Waals surface area contributed by atoms with Gasteiger partial charge in [-0.1, -0.05) is 86.8 Å². The number of hydrogen-bond acceptors (Lipinski definition) is 4. The van der Waals surface area contributed by atoms with Gasteiger partial charge in [0.15, 0.2) is 0 Å². The van der Waals surface area contributed by atoms with Crippen LogP contribution in [0.5, 0.6) is 0 Å². The Kier molecular flexibility index (Phi) is 12.4. The molecule has 4 rings (SSSR count). The molecule has 0 unspecified atom stereocenters. The minimum absolute atomic E-state index is 0.0451. The van der Waals surface area contributed by atoms with Crippen LogP contribution in [0.4, 0.5) is 10.1 Å². The van der Waals surface area contributed by atoms with Crippen molar-refractivity contribution in [2.45, 2.75) is 94.7 Å². The first-order chi connectivity index (χ1) is 19.7. The molecule has 2 fully saturated rings. The Labute approximate surface area is 251 Å². The smallest absolute Gasteiger partial charge is 0.290 e. The standard InChI is InChI=1S/C30H38Cl2FN3O2.CH2O2/c1-20(23-12-9-13-25(32)27(23)33)28(29(38)36(2)22-10-5-3-6-11-22)35-30(16-7-4-8-17-30)24-15-14-21(31)18-26(24)34-19-37;2-1-3/h9,12-15,18-20,22,28,35H,3-8,10-11,16-17H2,1-2H3,(H,34,37);1H,(H,2,3)/t20-,28+;/m0./s1. The number of benzene rings is 2. The average molecular weight is 609 g/mol. The number of carbonyl (C=O) groups excluding carboxylic acids is 2. The van der Waals surface area contributed by atoms with Gasteiger partial charge in [0, 0.05) is 35.3 Å². The number of hydrogen-bond donors (Lipinski definition) is 3. The fourth-order valence-electron chi connectivity index (χ4n) is 6.38. The maximum Gasteiger partial charge on any atom is 0.290 e. The minimum Gasteiger partial charge on any atom is -0.483 e. The van der Waals surface area contributed by atoms with E-state index in [9.17, 15) is 9.59 Å². The molecule has 2 aromatic carbocycles. The van der Waals surface area contributed by atoms with Crippen LogP contribution in [0.15, 0.2) is 36.4 Å². The molecule has 2 aliphatic rings. The third kappa shape index (κ3) is 7.99. The first kappa shape index (κ1) is 32.8. The summed E-state index contributed by atoms with van der Waals surface area (Å²) in [6, 6.07) is 9.93. The first-order valence-electron chi connectivity index (χ1n) is 14.3. The molecule has 7 nitrogen and oxygen atoms in total. The molecule has 2 atom stereocenters. The van der Waals surface area contributed by atoms with Gasteiger partial charge >= 0.3 is 0 Å². The molecule has 0 saturated heterocycles. The predicted molar refractivity (Wildman–Crippen MR) is 161 cm³/mol. The number of nitrogens with one attached hydrogen (secondary N) is 2. The summed E-state index contributed by atoms with van der Waals surface area (Å²) in [5.41, 5.74) is 1.33. The lowest BCUT2D eigenvalue weighted by Gasteiger charge is -2.45. The van der Waals surface area contributed by atoms with E-state index < -0.39 is 23.3 Å². The molecule has 0 heterocycles. The van der Waals surface area contributed by atoms with Crippen molar-refractivity contribution in [3.05, 3.63) is 63.4 Å². The molecular formula is C31H40Cl2FN3O4. The van der Waals surface area contributed by atoms with Crippen molar-refractivity contribution in [1.29, 1.82) is 0 Å². The van der Waals surface area contributed by atoms with Gasteiger partial charge < -0.3 is 15.3 Å². The van der Waals surface area contributed by atoms with Crippen LogP contribution in [-0.4, -0.2) is 47.9 Å². The number of likely N-dealkylation sites (N-methyl/N-ethyl adjacent to an activating group) is 1. The summed E-state index contributed by atoms with van der Waals surface area (Å²) < 4.78 is 15.3. The van der Waals surface area contributed by atoms with Gasteiger partial charge in [0.05, 0.1) is 11.1 Å². The van der Waals surface area contributed by atoms with E-state index in [-0.39, 0.29) is 23.4 Å². The topological polar surface area (TPSA) is 98.7 Å². The van der Waals surface area contributed by atoms with E-state index in [1.165, 1.54) is 12.5 Å². The molecule has 0 radical (unpaired) electrons. The molecule has 224 valence electrons. The van der Waals surface area contributed by atoms with Crippen molar-refractivity contribution < 1.29 is 23.9 Å². The summed E-state index contributed by atoms with van der Waals surface area (Å²) in [6.45, 7) is 1.64. The summed E-state index contributed by atoms with van der Waals surface area (Å²) in [5, 5.41) is 14.0. The Morgan fingerprint density at radius 2 is 1.71 bits per heavy atom. The number of amides is 2. The predicted octanol–water partition coefficient (Wildman–Crippen LogP) is 7.11. The summed E-state index contributed by atoms with van der Waals surface area (Å²) in [5.74, 6) is -1.03. The van der Waals surface area contributed by atoms with E-state index in [1.54, 1.807) is 18.2 Å². The molecule has 0 spiro atoms. The zero-order valence-corrected chi connectivity index (χ0v) is 25.2. The molecule has 0 bridgehead atoms. The lowest BCUT2D eigenvalue weighted by atomic mass is 9.74. The number of anilines is 1. The number of halogens is 3. The number of rotatable bonds is 9. The highest BCUT2D eigenvalue weighted by Crippen LogP contribution is 2.43. The van der Waals surface area contributed by atoms with Gasteiger partial charge in [-0.05, 0) is 55.0 Å². The van der Waals surface area contributed by atoms with Gasteiger partial charge in [-0.25, -0.2) is 4.39 Å². The van der Waals surface area contributed by atoms with Crippen LogP contribution in [-0.2, 0) is 19.9 Å². The molecule has 41 heavy (non-hydrogen) atoms. The second kappa shape index (κ2) is 15.5. The number of carboxylic acid groups (broad SMARTS) is 1. The van der Waals surface area contributed by atoms with E-state index >= 15 is 4.39 Å². The maximum atomic E-state index is 15.3. The zero-order chi connectivity index (χ0) is 30.0. The molecule has 0 aliphatic heterocycles. The van der Waals surface area contributed by atoms with E-state index in [0.29, 0.717) is 22.7 Å². The average Bonchev–Trinajstić information content (AvgIpc) is 2.98. The van der Waals surface area contributed by atoms with Crippen molar-refractivity contribution >= 4 is 47.7 Å². The van der Waals surface area contributed by atoms with Gasteiger partial charge in [-0.3, -0.25) is 19.7 Å². The quantitative estimate of drug-likeness (QED) is 0.264. The molecule has 2 aromatic rings. The SMILES string of the molecule is C[C@@H](c1cccc(Cl)c1F)[C@@H](NC1(c2ccc(Cl)cc2NC=O)CCCCC1)C(=O)N(C)C1CCCCC1.O=CO. The molecular weight excluding hydrogens is 568 g/mol. The van der Waals surface area contributed by atoms with Crippen molar-refractivity contribution in [2.24, 2.45) is 0 Å². The van der Waals surface area contributed by atoms with Gasteiger partial charge in [-0.15, -0.1) is 0 Å². The van der Waals surface area contributed by atoms with Gasteiger partial charge in [-0.2, -0.15) is 0 Å². The van der Waals surface area contributed by atoms with Crippen LogP contribution < -0.4 is 10.6 Å². The molecule has 2 saturated carbocycles. The van der Waals surface area contributed by atoms with Gasteiger partial charge in [0.1, 0.15) is 5.82 Å². The highest BCUT2D eigenvalue weighted by atomic mass is 35.5. The summed E-state index contributed by atoms with van der Waals surface area (Å²) in [4.78, 5) is 36.0. The Morgan fingerprint density at radius 3 is 2.34 bits per heavy atom. The lowest BCUT2D eigenvalue weighted by Crippen LogP contribution is -2.58. The van der Waals surface area contributed by atoms with Crippen molar-refractivity contribution in [1.82, 2.24) is 10.2 Å². The first-order valence-corrected chi connectivity index (χ1v) is 15.0. The van der Waals surface area contributed by atoms with Crippen LogP contribution >= 0.6 is 23.2 Å². The Bertz CT molecular complexity index is 1190. The fourth-order valence-corrected chi connectivity index (χ4v) is 6.74. The molecule has 3 N–H and O–H groups in total. The van der Waals surface area contributed by atoms with Crippen LogP contribution in [0.2, 0.25) is 10.0 Å². The molecule has 2 aliphatic carbocycles. The van der Waals surface area contributed by atoms with Crippen molar-refractivity contribution in [3.8, 4) is 0 Å². The van der Waals surface area contributed by atoms with Gasteiger partial charge in [0.25, 0.3) is 6.47 Å². The van der Waals surface area contributed by atoms with E-state index in [1.807, 2.05) is 31.0 Å². The number of nitrogens with zero attached hydrogens (tertiary/aromatic N) is 1. The van der Waals surface area contributed by atoms with Crippen LogP contribution in [0, 0.1) is 5.82 Å². The Morgan fingerprint density at radius 1 is 1.07 bits per heavy atom. The Balaban J connectivity index is 0.00000147. The maximum absolute atomic E-state index is 15.3. The number of carbonyl (C=O) groups is 3. The molecule has 0 aromatic heterocycles. The third-order valence-electron chi connectivity index (χ3n) is 8.56. The second-order valence-electron chi connectivity index (χ2n) is 11.0. The molecule has 10 heteroatoms. The highest BCUT2D eigenvalue weighted by molar-refractivity contribution is 6.31. The summed E-state index contributed by atoms with van der Waals surface area (Å²) >= 11 is 12.5. The van der Waals surface area contributed by atoms with Crippen molar-refractivity contribution in [3.63, 3.8) is 0 Å². The van der Waals surface area contributed by atoms with Crippen molar-refractivity contribution in [2.75, 3.05) is 12.4 Å². The lowest BCUT2D eigenvalue weighted by molar-refractivity contribution is -0.136. The fraction of sp³-hybridized carbons (Fsp3) is 0.516. The van der Waals surface area contributed by atoms with E-state index in [2.05, 4.69) is 10.6 Å². The normalized spacial score (nSPS) is 18.3. The third-order valence-corrected chi connectivity index (χ3v) is 9.09.